The Hall–Kier alpha value is -1.85. The van der Waals surface area contributed by atoms with E-state index in [1.54, 1.807) is 0 Å². The minimum Gasteiger partial charge on any atom is -0.481 e. The summed E-state index contributed by atoms with van der Waals surface area (Å²) in [6.45, 7) is 1.45. The van der Waals surface area contributed by atoms with Gasteiger partial charge in [-0.2, -0.15) is 0 Å². The fourth-order valence-corrected chi connectivity index (χ4v) is 1.73. The van der Waals surface area contributed by atoms with Crippen molar-refractivity contribution < 1.29 is 19.1 Å². The van der Waals surface area contributed by atoms with E-state index in [1.807, 2.05) is 0 Å². The Morgan fingerprint density at radius 3 is 2.82 bits per heavy atom. The number of carboxylic acids is 1. The van der Waals surface area contributed by atoms with E-state index in [0.29, 0.717) is 18.1 Å². The average molecular weight is 238 g/mol. The number of oxazole rings is 1. The standard InChI is InChI=1S/C11H14N2O4/c1-7(14)13-11(4-5-11)10-12-6-8(17-10)2-3-9(15)16/h6H,2-5H2,1H3,(H,13,14)(H,15,16). The van der Waals surface area contributed by atoms with Crippen molar-refractivity contribution in [1.82, 2.24) is 10.3 Å². The van der Waals surface area contributed by atoms with Crippen LogP contribution >= 0.6 is 0 Å². The van der Waals surface area contributed by atoms with Crippen LogP contribution < -0.4 is 5.32 Å². The van der Waals surface area contributed by atoms with E-state index in [-0.39, 0.29) is 12.3 Å². The Labute approximate surface area is 98.0 Å². The Bertz CT molecular complexity index is 448. The number of carbonyl (C=O) groups is 2. The number of hydrogen-bond acceptors (Lipinski definition) is 4. The summed E-state index contributed by atoms with van der Waals surface area (Å²) in [6, 6.07) is 0. The van der Waals surface area contributed by atoms with Gasteiger partial charge in [0, 0.05) is 13.3 Å². The van der Waals surface area contributed by atoms with Gasteiger partial charge in [-0.05, 0) is 12.8 Å². The van der Waals surface area contributed by atoms with Gasteiger partial charge in [0.25, 0.3) is 0 Å². The molecule has 0 spiro atoms. The summed E-state index contributed by atoms with van der Waals surface area (Å²) < 4.78 is 5.47. The fraction of sp³-hybridized carbons (Fsp3) is 0.545. The Kier molecular flexibility index (Phi) is 2.87. The van der Waals surface area contributed by atoms with Gasteiger partial charge in [-0.15, -0.1) is 0 Å². The van der Waals surface area contributed by atoms with Crippen molar-refractivity contribution in [3.8, 4) is 0 Å². The summed E-state index contributed by atoms with van der Waals surface area (Å²) in [6.07, 6.45) is 3.48. The lowest BCUT2D eigenvalue weighted by Gasteiger charge is -2.11. The number of nitrogens with one attached hydrogen (secondary N) is 1. The van der Waals surface area contributed by atoms with Gasteiger partial charge in [-0.1, -0.05) is 0 Å². The Morgan fingerprint density at radius 2 is 2.29 bits per heavy atom. The molecule has 0 unspecified atom stereocenters. The number of carbonyl (C=O) groups excluding carboxylic acids is 1. The van der Waals surface area contributed by atoms with Crippen LogP contribution in [0.3, 0.4) is 0 Å². The maximum Gasteiger partial charge on any atom is 0.303 e. The molecule has 6 heteroatoms. The lowest BCUT2D eigenvalue weighted by Crippen LogP contribution is -2.33. The molecule has 1 aromatic rings. The molecule has 1 heterocycles. The van der Waals surface area contributed by atoms with Gasteiger partial charge in [0.1, 0.15) is 11.3 Å². The number of amides is 1. The van der Waals surface area contributed by atoms with Crippen molar-refractivity contribution in [2.75, 3.05) is 0 Å². The lowest BCUT2D eigenvalue weighted by molar-refractivity contribution is -0.137. The second kappa shape index (κ2) is 4.20. The van der Waals surface area contributed by atoms with Crippen molar-refractivity contribution >= 4 is 11.9 Å². The summed E-state index contributed by atoms with van der Waals surface area (Å²) in [7, 11) is 0. The number of nitrogens with zero attached hydrogens (tertiary/aromatic N) is 1. The van der Waals surface area contributed by atoms with Crippen LogP contribution in [0.1, 0.15) is 37.8 Å². The van der Waals surface area contributed by atoms with Crippen LogP contribution in [0, 0.1) is 0 Å². The molecule has 1 aromatic heterocycles. The fourth-order valence-electron chi connectivity index (χ4n) is 1.73. The first kappa shape index (κ1) is 11.6. The number of hydrogen-bond donors (Lipinski definition) is 2. The summed E-state index contributed by atoms with van der Waals surface area (Å²) in [5, 5.41) is 11.4. The Balaban J connectivity index is 2.03. The van der Waals surface area contributed by atoms with Gasteiger partial charge < -0.3 is 14.8 Å². The molecular formula is C11H14N2O4. The van der Waals surface area contributed by atoms with E-state index >= 15 is 0 Å². The van der Waals surface area contributed by atoms with Gasteiger partial charge >= 0.3 is 5.97 Å². The molecular weight excluding hydrogens is 224 g/mol. The zero-order valence-electron chi connectivity index (χ0n) is 9.52. The first-order valence-corrected chi connectivity index (χ1v) is 5.47. The number of aromatic nitrogens is 1. The molecule has 92 valence electrons. The summed E-state index contributed by atoms with van der Waals surface area (Å²) in [5.41, 5.74) is -0.451. The van der Waals surface area contributed by atoms with Crippen LogP contribution in [0.25, 0.3) is 0 Å². The number of aliphatic carboxylic acids is 1. The summed E-state index contributed by atoms with van der Waals surface area (Å²) in [5.74, 6) is 0.0332. The molecule has 0 aliphatic heterocycles. The maximum atomic E-state index is 11.0. The van der Waals surface area contributed by atoms with E-state index in [0.717, 1.165) is 12.8 Å². The third-order valence-electron chi connectivity index (χ3n) is 2.71. The monoisotopic (exact) mass is 238 g/mol. The van der Waals surface area contributed by atoms with Crippen LogP contribution in [-0.2, 0) is 21.5 Å². The number of carboxylic acid groups (broad SMARTS) is 1. The largest absolute Gasteiger partial charge is 0.481 e. The third kappa shape index (κ3) is 2.64. The molecule has 1 aliphatic carbocycles. The molecule has 2 rings (SSSR count). The van der Waals surface area contributed by atoms with E-state index in [1.165, 1.54) is 13.1 Å². The van der Waals surface area contributed by atoms with E-state index < -0.39 is 11.5 Å². The normalized spacial score (nSPS) is 16.5. The van der Waals surface area contributed by atoms with Crippen LogP contribution in [0.5, 0.6) is 0 Å². The van der Waals surface area contributed by atoms with E-state index in [9.17, 15) is 9.59 Å². The zero-order valence-corrected chi connectivity index (χ0v) is 9.52. The second-order valence-corrected chi connectivity index (χ2v) is 4.29. The van der Waals surface area contributed by atoms with Crippen LogP contribution in [0.2, 0.25) is 0 Å². The van der Waals surface area contributed by atoms with E-state index in [2.05, 4.69) is 10.3 Å². The first-order chi connectivity index (χ1) is 8.02. The van der Waals surface area contributed by atoms with Crippen LogP contribution in [0.4, 0.5) is 0 Å². The molecule has 6 nitrogen and oxygen atoms in total. The topological polar surface area (TPSA) is 92.4 Å². The highest BCUT2D eigenvalue weighted by molar-refractivity contribution is 5.74. The highest BCUT2D eigenvalue weighted by Crippen LogP contribution is 2.45. The summed E-state index contributed by atoms with van der Waals surface area (Å²) in [4.78, 5) is 25.6. The first-order valence-electron chi connectivity index (χ1n) is 5.47. The highest BCUT2D eigenvalue weighted by atomic mass is 16.4. The van der Waals surface area contributed by atoms with Crippen molar-refractivity contribution in [1.29, 1.82) is 0 Å². The SMILES string of the molecule is CC(=O)NC1(c2ncc(CCC(=O)O)o2)CC1. The molecule has 17 heavy (non-hydrogen) atoms. The third-order valence-corrected chi connectivity index (χ3v) is 2.71. The Morgan fingerprint density at radius 1 is 1.59 bits per heavy atom. The molecule has 0 aromatic carbocycles. The second-order valence-electron chi connectivity index (χ2n) is 4.29. The van der Waals surface area contributed by atoms with Gasteiger partial charge in [0.05, 0.1) is 12.6 Å². The molecule has 1 aliphatic rings. The molecule has 1 fully saturated rings. The van der Waals surface area contributed by atoms with Crippen molar-refractivity contribution in [3.63, 3.8) is 0 Å². The van der Waals surface area contributed by atoms with Crippen LogP contribution in [0.15, 0.2) is 10.6 Å². The average Bonchev–Trinajstić information content (AvgIpc) is 2.85. The molecule has 0 atom stereocenters. The maximum absolute atomic E-state index is 11.0. The van der Waals surface area contributed by atoms with Crippen molar-refractivity contribution in [3.05, 3.63) is 17.8 Å². The quantitative estimate of drug-likeness (QED) is 0.792. The molecule has 0 bridgehead atoms. The number of aryl methyl sites for hydroxylation is 1. The van der Waals surface area contributed by atoms with E-state index in [4.69, 9.17) is 9.52 Å². The number of rotatable bonds is 5. The minimum absolute atomic E-state index is 0.0156. The lowest BCUT2D eigenvalue weighted by atomic mass is 10.2. The van der Waals surface area contributed by atoms with Gasteiger partial charge in [0.15, 0.2) is 0 Å². The predicted molar refractivity (Wildman–Crippen MR) is 57.2 cm³/mol. The minimum atomic E-state index is -0.869. The van der Waals surface area contributed by atoms with Gasteiger partial charge in [-0.3, -0.25) is 9.59 Å². The molecule has 1 amide bonds. The smallest absolute Gasteiger partial charge is 0.303 e. The van der Waals surface area contributed by atoms with Crippen molar-refractivity contribution in [2.45, 2.75) is 38.1 Å². The zero-order chi connectivity index (χ0) is 12.5. The molecule has 1 saturated carbocycles. The van der Waals surface area contributed by atoms with Crippen LogP contribution in [-0.4, -0.2) is 22.0 Å². The van der Waals surface area contributed by atoms with Gasteiger partial charge in [-0.25, -0.2) is 4.98 Å². The van der Waals surface area contributed by atoms with Gasteiger partial charge in [0.2, 0.25) is 11.8 Å². The molecule has 2 N–H and O–H groups in total. The van der Waals surface area contributed by atoms with Crippen molar-refractivity contribution in [2.24, 2.45) is 0 Å². The predicted octanol–water partition coefficient (Wildman–Crippen LogP) is 0.817. The molecule has 0 radical (unpaired) electrons. The molecule has 0 saturated heterocycles. The highest BCUT2D eigenvalue weighted by Gasteiger charge is 2.49. The summed E-state index contributed by atoms with van der Waals surface area (Å²) >= 11 is 0.